The van der Waals surface area contributed by atoms with Crippen LogP contribution in [0.5, 0.6) is 0 Å². The Labute approximate surface area is 201 Å². The number of anilines is 2. The number of carbonyl (C=O) groups is 2. The van der Waals surface area contributed by atoms with E-state index in [1.54, 1.807) is 13.8 Å². The first-order valence-electron chi connectivity index (χ1n) is 9.87. The summed E-state index contributed by atoms with van der Waals surface area (Å²) in [5.41, 5.74) is -0.332. The lowest BCUT2D eigenvalue weighted by molar-refractivity contribution is -0.137. The normalized spacial score (nSPS) is 12.2. The van der Waals surface area contributed by atoms with E-state index in [9.17, 15) is 22.8 Å². The molecule has 0 fully saturated rings. The molecular weight excluding hydrogens is 495 g/mol. The van der Waals surface area contributed by atoms with Gasteiger partial charge in [0.25, 0.3) is 11.8 Å². The van der Waals surface area contributed by atoms with E-state index in [1.165, 1.54) is 12.5 Å². The molecule has 0 aromatic carbocycles. The van der Waals surface area contributed by atoms with Gasteiger partial charge in [0.15, 0.2) is 0 Å². The molecule has 0 aliphatic rings. The molecule has 1 atom stereocenters. The maximum Gasteiger partial charge on any atom is 0.418 e. The zero-order valence-corrected chi connectivity index (χ0v) is 19.7. The molecule has 180 valence electrons. The Balaban J connectivity index is 1.70. The van der Waals surface area contributed by atoms with Gasteiger partial charge in [-0.2, -0.15) is 13.2 Å². The van der Waals surface area contributed by atoms with Gasteiger partial charge in [0.05, 0.1) is 22.8 Å². The third-order valence-corrected chi connectivity index (χ3v) is 5.99. The Kier molecular flexibility index (Phi) is 7.67. The number of hydrogen-bond acceptors (Lipinski definition) is 8. The molecule has 1 unspecified atom stereocenters. The molecule has 3 N–H and O–H groups in total. The number of alkyl halides is 3. The van der Waals surface area contributed by atoms with Gasteiger partial charge in [0.1, 0.15) is 33.5 Å². The number of pyridine rings is 1. The second-order valence-electron chi connectivity index (χ2n) is 6.99. The van der Waals surface area contributed by atoms with E-state index in [0.29, 0.717) is 29.0 Å². The minimum absolute atomic E-state index is 0.119. The van der Waals surface area contributed by atoms with Crippen molar-refractivity contribution in [2.75, 3.05) is 17.2 Å². The zero-order valence-electron chi connectivity index (χ0n) is 18.1. The summed E-state index contributed by atoms with van der Waals surface area (Å²) < 4.78 is 39.0. The van der Waals surface area contributed by atoms with Crippen LogP contribution in [-0.2, 0) is 6.18 Å². The Morgan fingerprint density at radius 3 is 2.56 bits per heavy atom. The lowest BCUT2D eigenvalue weighted by atomic mass is 10.2. The highest BCUT2D eigenvalue weighted by molar-refractivity contribution is 7.13. The molecule has 3 rings (SSSR count). The van der Waals surface area contributed by atoms with Crippen LogP contribution in [0.3, 0.4) is 0 Å². The monoisotopic (exact) mass is 513 g/mol. The average Bonchev–Trinajstić information content (AvgIpc) is 3.26. The van der Waals surface area contributed by atoms with E-state index in [1.807, 2.05) is 6.92 Å². The number of rotatable bonds is 7. The minimum Gasteiger partial charge on any atom is -0.370 e. The lowest BCUT2D eigenvalue weighted by Crippen LogP contribution is -2.28. The highest BCUT2D eigenvalue weighted by Gasteiger charge is 2.34. The molecule has 3 heterocycles. The molecule has 3 aromatic rings. The molecule has 3 aromatic heterocycles. The van der Waals surface area contributed by atoms with Crippen LogP contribution in [0.15, 0.2) is 24.8 Å². The van der Waals surface area contributed by atoms with Gasteiger partial charge < -0.3 is 16.0 Å². The van der Waals surface area contributed by atoms with E-state index in [2.05, 4.69) is 35.9 Å². The van der Waals surface area contributed by atoms with Gasteiger partial charge in [0.2, 0.25) is 0 Å². The van der Waals surface area contributed by atoms with Gasteiger partial charge in [-0.1, -0.05) is 11.6 Å². The number of amides is 2. The Hall–Kier alpha value is -3.32. The lowest BCUT2D eigenvalue weighted by Gasteiger charge is -2.13. The summed E-state index contributed by atoms with van der Waals surface area (Å²) in [4.78, 5) is 41.3. The largest absolute Gasteiger partial charge is 0.418 e. The maximum absolute atomic E-state index is 13.0. The van der Waals surface area contributed by atoms with Crippen LogP contribution >= 0.6 is 22.9 Å². The fourth-order valence-corrected chi connectivity index (χ4v) is 3.87. The minimum atomic E-state index is -4.69. The first-order valence-corrected chi connectivity index (χ1v) is 11.1. The summed E-state index contributed by atoms with van der Waals surface area (Å²) in [7, 11) is 0. The molecule has 0 saturated carbocycles. The maximum atomic E-state index is 13.0. The summed E-state index contributed by atoms with van der Waals surface area (Å²) in [5, 5.41) is 7.94. The molecule has 0 spiro atoms. The van der Waals surface area contributed by atoms with Gasteiger partial charge in [-0.05, 0) is 26.8 Å². The zero-order chi connectivity index (χ0) is 25.0. The van der Waals surface area contributed by atoms with Crippen LogP contribution in [-0.4, -0.2) is 38.3 Å². The van der Waals surface area contributed by atoms with Gasteiger partial charge in [-0.25, -0.2) is 19.9 Å². The van der Waals surface area contributed by atoms with E-state index >= 15 is 0 Å². The molecule has 0 radical (unpaired) electrons. The quantitative estimate of drug-likeness (QED) is 0.425. The van der Waals surface area contributed by atoms with E-state index in [0.717, 1.165) is 17.5 Å². The summed E-state index contributed by atoms with van der Waals surface area (Å²) in [5.74, 6) is -0.910. The molecule has 14 heteroatoms. The number of aromatic nitrogens is 4. The predicted octanol–water partition coefficient (Wildman–Crippen LogP) is 4.48. The molecule has 0 saturated heterocycles. The second kappa shape index (κ2) is 10.3. The highest BCUT2D eigenvalue weighted by Crippen LogP contribution is 2.35. The molecule has 0 aliphatic heterocycles. The molecule has 34 heavy (non-hydrogen) atoms. The standard InChI is InChI=1S/C20H19ClF3N7O2S/c1-4-25-16-9(2)15(28-8-29-16)18(33)30-10(3)19-27-7-13(34-19)17(32)31-14-5-11(20(22,23)24)12(21)6-26-14/h5-8,10H,4H2,1-3H3,(H,30,33)(H,25,28,29)(H,26,31,32). The predicted molar refractivity (Wildman–Crippen MR) is 121 cm³/mol. The van der Waals surface area contributed by atoms with Crippen molar-refractivity contribution in [1.29, 1.82) is 0 Å². The summed E-state index contributed by atoms with van der Waals surface area (Å²) in [6.07, 6.45) is -1.34. The van der Waals surface area contributed by atoms with E-state index in [4.69, 9.17) is 11.6 Å². The molecule has 2 amide bonds. The smallest absolute Gasteiger partial charge is 0.370 e. The van der Waals surface area contributed by atoms with Crippen molar-refractivity contribution in [2.24, 2.45) is 0 Å². The molecule has 9 nitrogen and oxygen atoms in total. The van der Waals surface area contributed by atoms with Crippen LogP contribution in [0, 0.1) is 6.92 Å². The first-order chi connectivity index (χ1) is 16.0. The Bertz CT molecular complexity index is 1220. The summed E-state index contributed by atoms with van der Waals surface area (Å²) >= 11 is 6.52. The van der Waals surface area contributed by atoms with Crippen LogP contribution in [0.2, 0.25) is 5.02 Å². The van der Waals surface area contributed by atoms with Crippen molar-refractivity contribution in [3.05, 3.63) is 56.5 Å². The van der Waals surface area contributed by atoms with Crippen LogP contribution < -0.4 is 16.0 Å². The van der Waals surface area contributed by atoms with Crippen molar-refractivity contribution in [2.45, 2.75) is 33.0 Å². The number of hydrogen-bond donors (Lipinski definition) is 3. The first kappa shape index (κ1) is 25.3. The topological polar surface area (TPSA) is 122 Å². The van der Waals surface area contributed by atoms with Crippen molar-refractivity contribution in [1.82, 2.24) is 25.3 Å². The third-order valence-electron chi connectivity index (χ3n) is 4.51. The van der Waals surface area contributed by atoms with E-state index in [-0.39, 0.29) is 16.4 Å². The van der Waals surface area contributed by atoms with Crippen molar-refractivity contribution >= 4 is 46.4 Å². The highest BCUT2D eigenvalue weighted by atomic mass is 35.5. The van der Waals surface area contributed by atoms with Crippen molar-refractivity contribution in [3.63, 3.8) is 0 Å². The van der Waals surface area contributed by atoms with E-state index < -0.39 is 34.6 Å². The fraction of sp³-hybridized carbons (Fsp3) is 0.300. The Morgan fingerprint density at radius 2 is 1.88 bits per heavy atom. The van der Waals surface area contributed by atoms with Crippen LogP contribution in [0.4, 0.5) is 24.8 Å². The van der Waals surface area contributed by atoms with Gasteiger partial charge >= 0.3 is 6.18 Å². The number of nitrogens with one attached hydrogen (secondary N) is 3. The van der Waals surface area contributed by atoms with Crippen molar-refractivity contribution in [3.8, 4) is 0 Å². The molecule has 0 aliphatic carbocycles. The SMILES string of the molecule is CCNc1ncnc(C(=O)NC(C)c2ncc(C(=O)Nc3cc(C(F)(F)F)c(Cl)cn3)s2)c1C. The fourth-order valence-electron chi connectivity index (χ4n) is 2.85. The van der Waals surface area contributed by atoms with Crippen LogP contribution in [0.1, 0.15) is 56.2 Å². The number of nitrogens with zero attached hydrogens (tertiary/aromatic N) is 4. The summed E-state index contributed by atoms with van der Waals surface area (Å²) in [6.45, 7) is 5.93. The van der Waals surface area contributed by atoms with Gasteiger partial charge in [-0.15, -0.1) is 11.3 Å². The number of halogens is 4. The van der Waals surface area contributed by atoms with Gasteiger partial charge in [0, 0.05) is 18.3 Å². The number of carbonyl (C=O) groups excluding carboxylic acids is 2. The second-order valence-corrected chi connectivity index (χ2v) is 8.45. The third kappa shape index (κ3) is 5.78. The Morgan fingerprint density at radius 1 is 1.15 bits per heavy atom. The average molecular weight is 514 g/mol. The number of thiazole rings is 1. The molecule has 0 bridgehead atoms. The summed E-state index contributed by atoms with van der Waals surface area (Å²) in [6, 6.07) is 0.0815. The van der Waals surface area contributed by atoms with Crippen molar-refractivity contribution < 1.29 is 22.8 Å². The molecular formula is C20H19ClF3N7O2S. The van der Waals surface area contributed by atoms with Gasteiger partial charge in [-0.3, -0.25) is 9.59 Å². The van der Waals surface area contributed by atoms with Crippen LogP contribution in [0.25, 0.3) is 0 Å².